The van der Waals surface area contributed by atoms with Gasteiger partial charge < -0.3 is 14.4 Å². The highest BCUT2D eigenvalue weighted by molar-refractivity contribution is 5.95. The van der Waals surface area contributed by atoms with Crippen LogP contribution < -0.4 is 0 Å². The molecular weight excluding hydrogens is 316 g/mol. The van der Waals surface area contributed by atoms with Crippen LogP contribution in [0.25, 0.3) is 0 Å². The van der Waals surface area contributed by atoms with Gasteiger partial charge >= 0.3 is 5.97 Å². The molecule has 1 heterocycles. The second-order valence-corrected chi connectivity index (χ2v) is 5.46. The van der Waals surface area contributed by atoms with Crippen LogP contribution in [0.15, 0.2) is 41.0 Å². The number of non-ortho nitro benzene ring substituents is 1. The lowest BCUT2D eigenvalue weighted by atomic mass is 10.1. The first-order valence-electron chi connectivity index (χ1n) is 7.15. The van der Waals surface area contributed by atoms with Crippen molar-refractivity contribution in [2.45, 2.75) is 26.4 Å². The highest BCUT2D eigenvalue weighted by atomic mass is 16.6. The second kappa shape index (κ2) is 6.95. The van der Waals surface area contributed by atoms with Gasteiger partial charge in [-0.2, -0.15) is 0 Å². The first-order chi connectivity index (χ1) is 11.3. The van der Waals surface area contributed by atoms with Crippen LogP contribution in [-0.2, 0) is 6.54 Å². The van der Waals surface area contributed by atoms with Gasteiger partial charge in [0.1, 0.15) is 6.26 Å². The molecule has 2 aromatic rings. The fourth-order valence-corrected chi connectivity index (χ4v) is 2.11. The van der Waals surface area contributed by atoms with Gasteiger partial charge in [-0.3, -0.25) is 14.9 Å². The Morgan fingerprint density at radius 2 is 1.92 bits per heavy atom. The molecule has 126 valence electrons. The smallest absolute Gasteiger partial charge is 0.338 e. The molecule has 0 fully saturated rings. The first-order valence-corrected chi connectivity index (χ1v) is 7.15. The van der Waals surface area contributed by atoms with E-state index in [0.717, 1.165) is 6.26 Å². The van der Waals surface area contributed by atoms with Crippen molar-refractivity contribution in [3.63, 3.8) is 0 Å². The number of hydrogen-bond donors (Lipinski definition) is 1. The van der Waals surface area contributed by atoms with Gasteiger partial charge in [-0.05, 0) is 19.4 Å². The molecule has 0 aliphatic heterocycles. The van der Waals surface area contributed by atoms with Gasteiger partial charge in [0.15, 0.2) is 5.76 Å². The maximum absolute atomic E-state index is 12.5. The van der Waals surface area contributed by atoms with E-state index in [1.165, 1.54) is 23.1 Å². The summed E-state index contributed by atoms with van der Waals surface area (Å²) < 4.78 is 5.05. The number of carbonyl (C=O) groups is 2. The molecule has 0 saturated heterocycles. The quantitative estimate of drug-likeness (QED) is 0.642. The van der Waals surface area contributed by atoms with Crippen molar-refractivity contribution < 1.29 is 24.0 Å². The molecule has 0 aliphatic rings. The largest absolute Gasteiger partial charge is 0.478 e. The van der Waals surface area contributed by atoms with Crippen molar-refractivity contribution in [1.29, 1.82) is 0 Å². The standard InChI is InChI=1S/C16H16N2O6/c1-10(2)17(8-11-3-5-13(6-4-11)18(22)23)15(19)14-7-12(9-24-14)16(20)21/h3-7,9-10H,8H2,1-2H3,(H,20,21). The summed E-state index contributed by atoms with van der Waals surface area (Å²) in [6.07, 6.45) is 1.01. The zero-order valence-electron chi connectivity index (χ0n) is 13.1. The van der Waals surface area contributed by atoms with Crippen molar-refractivity contribution in [1.82, 2.24) is 4.90 Å². The van der Waals surface area contributed by atoms with E-state index in [1.807, 2.05) is 13.8 Å². The predicted octanol–water partition coefficient (Wildman–Crippen LogP) is 2.94. The van der Waals surface area contributed by atoms with E-state index < -0.39 is 16.8 Å². The Morgan fingerprint density at radius 3 is 2.38 bits per heavy atom. The number of rotatable bonds is 6. The van der Waals surface area contributed by atoms with Crippen LogP contribution in [-0.4, -0.2) is 32.8 Å². The van der Waals surface area contributed by atoms with E-state index in [1.54, 1.807) is 12.1 Å². The molecule has 24 heavy (non-hydrogen) atoms. The van der Waals surface area contributed by atoms with Gasteiger partial charge in [0.2, 0.25) is 0 Å². The Balaban J connectivity index is 2.20. The molecule has 8 heteroatoms. The number of hydrogen-bond acceptors (Lipinski definition) is 5. The number of carbonyl (C=O) groups excluding carboxylic acids is 1. The first kappa shape index (κ1) is 17.2. The number of nitrogens with zero attached hydrogens (tertiary/aromatic N) is 2. The number of nitro groups is 1. The molecule has 1 N–H and O–H groups in total. The summed E-state index contributed by atoms with van der Waals surface area (Å²) in [6.45, 7) is 3.84. The molecule has 0 bridgehead atoms. The number of aromatic carboxylic acids is 1. The van der Waals surface area contributed by atoms with E-state index in [9.17, 15) is 19.7 Å². The third-order valence-electron chi connectivity index (χ3n) is 3.44. The van der Waals surface area contributed by atoms with Crippen molar-refractivity contribution in [3.05, 3.63) is 63.6 Å². The van der Waals surface area contributed by atoms with Gasteiger partial charge in [-0.25, -0.2) is 4.79 Å². The lowest BCUT2D eigenvalue weighted by Crippen LogP contribution is -2.36. The van der Waals surface area contributed by atoms with E-state index >= 15 is 0 Å². The minimum absolute atomic E-state index is 0.0293. The summed E-state index contributed by atoms with van der Waals surface area (Å²) in [4.78, 5) is 35.1. The Bertz CT molecular complexity index is 763. The summed E-state index contributed by atoms with van der Waals surface area (Å²) in [7, 11) is 0. The van der Waals surface area contributed by atoms with Crippen molar-refractivity contribution in [2.24, 2.45) is 0 Å². The molecule has 1 aromatic carbocycles. The summed E-state index contributed by atoms with van der Waals surface area (Å²) in [6, 6.07) is 6.89. The van der Waals surface area contributed by atoms with E-state index in [4.69, 9.17) is 9.52 Å². The molecule has 0 spiro atoms. The zero-order valence-corrected chi connectivity index (χ0v) is 13.1. The van der Waals surface area contributed by atoms with Crippen LogP contribution >= 0.6 is 0 Å². The highest BCUT2D eigenvalue weighted by Crippen LogP contribution is 2.18. The molecule has 0 saturated carbocycles. The third kappa shape index (κ3) is 3.78. The van der Waals surface area contributed by atoms with Gasteiger partial charge in [0.05, 0.1) is 10.5 Å². The normalized spacial score (nSPS) is 10.6. The maximum Gasteiger partial charge on any atom is 0.338 e. The van der Waals surface area contributed by atoms with Gasteiger partial charge in [-0.1, -0.05) is 12.1 Å². The molecular formula is C16H16N2O6. The zero-order chi connectivity index (χ0) is 17.9. The number of amides is 1. The third-order valence-corrected chi connectivity index (χ3v) is 3.44. The van der Waals surface area contributed by atoms with Crippen LogP contribution in [0, 0.1) is 10.1 Å². The number of nitro benzene ring substituents is 1. The summed E-state index contributed by atoms with van der Waals surface area (Å²) in [5.74, 6) is -1.69. The van der Waals surface area contributed by atoms with Crippen molar-refractivity contribution >= 4 is 17.6 Å². The minimum Gasteiger partial charge on any atom is -0.478 e. The van der Waals surface area contributed by atoms with Crippen LogP contribution in [0.4, 0.5) is 5.69 Å². The monoisotopic (exact) mass is 332 g/mol. The lowest BCUT2D eigenvalue weighted by Gasteiger charge is -2.25. The molecule has 0 atom stereocenters. The van der Waals surface area contributed by atoms with E-state index in [-0.39, 0.29) is 29.6 Å². The molecule has 1 amide bonds. The minimum atomic E-state index is -1.18. The Morgan fingerprint density at radius 1 is 1.29 bits per heavy atom. The molecule has 0 radical (unpaired) electrons. The summed E-state index contributed by atoms with van der Waals surface area (Å²) in [5, 5.41) is 19.6. The SMILES string of the molecule is CC(C)N(Cc1ccc([N+](=O)[O-])cc1)C(=O)c1cc(C(=O)O)co1. The molecule has 8 nitrogen and oxygen atoms in total. The fourth-order valence-electron chi connectivity index (χ4n) is 2.11. The Labute approximate surface area is 137 Å². The number of benzene rings is 1. The van der Waals surface area contributed by atoms with Crippen molar-refractivity contribution in [3.8, 4) is 0 Å². The number of furan rings is 1. The molecule has 0 unspecified atom stereocenters. The molecule has 0 aliphatic carbocycles. The van der Waals surface area contributed by atoms with E-state index in [0.29, 0.717) is 5.56 Å². The van der Waals surface area contributed by atoms with Crippen LogP contribution in [0.1, 0.15) is 40.3 Å². The van der Waals surface area contributed by atoms with Gasteiger partial charge in [0, 0.05) is 30.8 Å². The van der Waals surface area contributed by atoms with E-state index in [2.05, 4.69) is 0 Å². The number of carboxylic acids is 1. The second-order valence-electron chi connectivity index (χ2n) is 5.46. The lowest BCUT2D eigenvalue weighted by molar-refractivity contribution is -0.384. The summed E-state index contributed by atoms with van der Waals surface area (Å²) >= 11 is 0. The predicted molar refractivity (Wildman–Crippen MR) is 83.8 cm³/mol. The Kier molecular flexibility index (Phi) is 4.98. The fraction of sp³-hybridized carbons (Fsp3) is 0.250. The number of carboxylic acid groups (broad SMARTS) is 1. The molecule has 2 rings (SSSR count). The van der Waals surface area contributed by atoms with Crippen LogP contribution in [0.2, 0.25) is 0 Å². The van der Waals surface area contributed by atoms with Gasteiger partial charge in [-0.15, -0.1) is 0 Å². The topological polar surface area (TPSA) is 114 Å². The summed E-state index contributed by atoms with van der Waals surface area (Å²) in [5.41, 5.74) is 0.586. The average Bonchev–Trinajstić information content (AvgIpc) is 3.02. The van der Waals surface area contributed by atoms with Crippen LogP contribution in [0.5, 0.6) is 0 Å². The van der Waals surface area contributed by atoms with Gasteiger partial charge in [0.25, 0.3) is 11.6 Å². The molecule has 1 aromatic heterocycles. The average molecular weight is 332 g/mol. The Hall–Kier alpha value is -3.16. The van der Waals surface area contributed by atoms with Crippen LogP contribution in [0.3, 0.4) is 0 Å². The maximum atomic E-state index is 12.5. The van der Waals surface area contributed by atoms with Crippen molar-refractivity contribution in [2.75, 3.05) is 0 Å². The highest BCUT2D eigenvalue weighted by Gasteiger charge is 2.23.